The van der Waals surface area contributed by atoms with Crippen LogP contribution in [0.4, 0.5) is 5.69 Å². The minimum Gasteiger partial charge on any atom is -0.345 e. The van der Waals surface area contributed by atoms with Gasteiger partial charge in [0.15, 0.2) is 11.0 Å². The average molecular weight is 470 g/mol. The topological polar surface area (TPSA) is 88.9 Å². The Labute approximate surface area is 196 Å². The van der Waals surface area contributed by atoms with Gasteiger partial charge in [0.25, 0.3) is 5.91 Å². The largest absolute Gasteiger partial charge is 0.345 e. The van der Waals surface area contributed by atoms with Gasteiger partial charge >= 0.3 is 0 Å². The standard InChI is InChI=1S/C23H24ClN5O2S/c1-4-11-29-20(13-25-22(31)17-6-8-18(24)9-7-17)27-28-23(29)32-14-21(30)26-19-10-5-15(2)12-16(19)3/h4-10,12H,1,11,13-14H2,2-3H3,(H,25,31)(H,26,30). The number of anilines is 1. The lowest BCUT2D eigenvalue weighted by Crippen LogP contribution is -2.24. The lowest BCUT2D eigenvalue weighted by Gasteiger charge is -2.10. The van der Waals surface area contributed by atoms with Crippen molar-refractivity contribution >= 4 is 40.9 Å². The van der Waals surface area contributed by atoms with Gasteiger partial charge in [0.05, 0.1) is 12.3 Å². The van der Waals surface area contributed by atoms with Crippen molar-refractivity contribution in [3.8, 4) is 0 Å². The predicted molar refractivity (Wildman–Crippen MR) is 128 cm³/mol. The van der Waals surface area contributed by atoms with E-state index in [9.17, 15) is 9.59 Å². The van der Waals surface area contributed by atoms with Crippen LogP contribution in [0.15, 0.2) is 60.3 Å². The summed E-state index contributed by atoms with van der Waals surface area (Å²) in [5.41, 5.74) is 3.45. The lowest BCUT2D eigenvalue weighted by atomic mass is 10.1. The first-order chi connectivity index (χ1) is 15.4. The highest BCUT2D eigenvalue weighted by atomic mass is 35.5. The molecular weight excluding hydrogens is 446 g/mol. The Kier molecular flexibility index (Phi) is 8.08. The Hall–Kier alpha value is -3.10. The van der Waals surface area contributed by atoms with Crippen molar-refractivity contribution in [2.24, 2.45) is 0 Å². The van der Waals surface area contributed by atoms with Gasteiger partial charge in [-0.3, -0.25) is 9.59 Å². The summed E-state index contributed by atoms with van der Waals surface area (Å²) in [6, 6.07) is 12.5. The van der Waals surface area contributed by atoms with Crippen LogP contribution in [0.3, 0.4) is 0 Å². The number of aromatic nitrogens is 3. The third-order valence-electron chi connectivity index (χ3n) is 4.61. The monoisotopic (exact) mass is 469 g/mol. The number of amides is 2. The van der Waals surface area contributed by atoms with E-state index < -0.39 is 0 Å². The van der Waals surface area contributed by atoms with Crippen molar-refractivity contribution in [2.45, 2.75) is 32.1 Å². The summed E-state index contributed by atoms with van der Waals surface area (Å²) in [6.07, 6.45) is 1.72. The molecule has 3 aromatic rings. The third kappa shape index (κ3) is 6.21. The quantitative estimate of drug-likeness (QED) is 0.358. The fourth-order valence-corrected chi connectivity index (χ4v) is 3.89. The van der Waals surface area contributed by atoms with Crippen molar-refractivity contribution in [1.29, 1.82) is 0 Å². The van der Waals surface area contributed by atoms with Gasteiger partial charge in [-0.25, -0.2) is 0 Å². The summed E-state index contributed by atoms with van der Waals surface area (Å²) in [5.74, 6) is 0.383. The molecule has 0 spiro atoms. The number of hydrogen-bond donors (Lipinski definition) is 2. The molecule has 0 saturated heterocycles. The number of carbonyl (C=O) groups excluding carboxylic acids is 2. The Morgan fingerprint density at radius 1 is 1.16 bits per heavy atom. The number of aryl methyl sites for hydroxylation is 2. The molecule has 9 heteroatoms. The van der Waals surface area contributed by atoms with Gasteiger partial charge < -0.3 is 15.2 Å². The van der Waals surface area contributed by atoms with Gasteiger partial charge in [-0.1, -0.05) is 47.1 Å². The molecule has 0 bridgehead atoms. The first-order valence-electron chi connectivity index (χ1n) is 9.94. The van der Waals surface area contributed by atoms with Crippen LogP contribution >= 0.6 is 23.4 Å². The molecule has 0 atom stereocenters. The van der Waals surface area contributed by atoms with E-state index in [0.29, 0.717) is 28.1 Å². The van der Waals surface area contributed by atoms with E-state index in [4.69, 9.17) is 11.6 Å². The Morgan fingerprint density at radius 3 is 2.59 bits per heavy atom. The zero-order valence-corrected chi connectivity index (χ0v) is 19.5. The number of thioether (sulfide) groups is 1. The fourth-order valence-electron chi connectivity index (χ4n) is 3.00. The van der Waals surface area contributed by atoms with Crippen molar-refractivity contribution < 1.29 is 9.59 Å². The summed E-state index contributed by atoms with van der Waals surface area (Å²) in [6.45, 7) is 8.39. The predicted octanol–water partition coefficient (Wildman–Crippen LogP) is 4.40. The number of hydrogen-bond acceptors (Lipinski definition) is 5. The van der Waals surface area contributed by atoms with Gasteiger partial charge in [-0.15, -0.1) is 16.8 Å². The van der Waals surface area contributed by atoms with E-state index in [-0.39, 0.29) is 24.1 Å². The molecule has 1 aromatic heterocycles. The highest BCUT2D eigenvalue weighted by molar-refractivity contribution is 7.99. The van der Waals surface area contributed by atoms with Crippen molar-refractivity contribution in [3.05, 3.63) is 82.7 Å². The Bertz CT molecular complexity index is 1130. The van der Waals surface area contributed by atoms with Crippen molar-refractivity contribution in [3.63, 3.8) is 0 Å². The van der Waals surface area contributed by atoms with E-state index in [1.165, 1.54) is 11.8 Å². The van der Waals surface area contributed by atoms with E-state index in [2.05, 4.69) is 27.4 Å². The second kappa shape index (κ2) is 11.0. The molecule has 3 rings (SSSR count). The molecule has 1 heterocycles. The summed E-state index contributed by atoms with van der Waals surface area (Å²) >= 11 is 7.14. The molecule has 166 valence electrons. The SMILES string of the molecule is C=CCn1c(CNC(=O)c2ccc(Cl)cc2)nnc1SCC(=O)Nc1ccc(C)cc1C. The van der Waals surface area contributed by atoms with Gasteiger partial charge in [0, 0.05) is 22.8 Å². The smallest absolute Gasteiger partial charge is 0.251 e. The number of benzene rings is 2. The maximum atomic E-state index is 12.4. The Balaban J connectivity index is 1.61. The molecule has 0 fully saturated rings. The summed E-state index contributed by atoms with van der Waals surface area (Å²) in [4.78, 5) is 24.8. The van der Waals surface area contributed by atoms with Gasteiger partial charge in [-0.2, -0.15) is 0 Å². The first-order valence-corrected chi connectivity index (χ1v) is 11.3. The molecule has 0 unspecified atom stereocenters. The molecular formula is C23H24ClN5O2S. The maximum absolute atomic E-state index is 12.4. The van der Waals surface area contributed by atoms with E-state index in [0.717, 1.165) is 16.8 Å². The highest BCUT2D eigenvalue weighted by Gasteiger charge is 2.15. The zero-order chi connectivity index (χ0) is 23.1. The number of nitrogens with one attached hydrogen (secondary N) is 2. The van der Waals surface area contributed by atoms with Gasteiger partial charge in [-0.05, 0) is 49.7 Å². The summed E-state index contributed by atoms with van der Waals surface area (Å²) < 4.78 is 1.82. The minimum atomic E-state index is -0.239. The average Bonchev–Trinajstić information content (AvgIpc) is 3.15. The van der Waals surface area contributed by atoms with Crippen molar-refractivity contribution in [1.82, 2.24) is 20.1 Å². The first kappa shape index (κ1) is 23.6. The van der Waals surface area contributed by atoms with Crippen molar-refractivity contribution in [2.75, 3.05) is 11.1 Å². The minimum absolute atomic E-state index is 0.132. The van der Waals surface area contributed by atoms with Crippen LogP contribution < -0.4 is 10.6 Å². The normalized spacial score (nSPS) is 10.6. The second-order valence-electron chi connectivity index (χ2n) is 7.14. The molecule has 0 aliphatic carbocycles. The van der Waals surface area contributed by atoms with E-state index in [1.807, 2.05) is 36.6 Å². The van der Waals surface area contributed by atoms with Crippen LogP contribution in [0.25, 0.3) is 0 Å². The molecule has 2 aromatic carbocycles. The third-order valence-corrected chi connectivity index (χ3v) is 5.83. The Morgan fingerprint density at radius 2 is 1.91 bits per heavy atom. The van der Waals surface area contributed by atoms with Crippen LogP contribution in [-0.2, 0) is 17.9 Å². The summed E-state index contributed by atoms with van der Waals surface area (Å²) in [7, 11) is 0. The van der Waals surface area contributed by atoms with Crippen LogP contribution in [-0.4, -0.2) is 32.3 Å². The molecule has 2 amide bonds. The van der Waals surface area contributed by atoms with E-state index >= 15 is 0 Å². The zero-order valence-electron chi connectivity index (χ0n) is 17.9. The highest BCUT2D eigenvalue weighted by Crippen LogP contribution is 2.20. The number of nitrogens with zero attached hydrogens (tertiary/aromatic N) is 3. The number of allylic oxidation sites excluding steroid dienone is 1. The van der Waals surface area contributed by atoms with Gasteiger partial charge in [0.2, 0.25) is 5.91 Å². The van der Waals surface area contributed by atoms with Gasteiger partial charge in [0.1, 0.15) is 0 Å². The molecule has 2 N–H and O–H groups in total. The lowest BCUT2D eigenvalue weighted by molar-refractivity contribution is -0.113. The molecule has 0 radical (unpaired) electrons. The van der Waals surface area contributed by atoms with Crippen LogP contribution in [0.5, 0.6) is 0 Å². The van der Waals surface area contributed by atoms with Crippen LogP contribution in [0.2, 0.25) is 5.02 Å². The fraction of sp³-hybridized carbons (Fsp3) is 0.217. The van der Waals surface area contributed by atoms with Crippen LogP contribution in [0, 0.1) is 13.8 Å². The number of halogens is 1. The molecule has 7 nitrogen and oxygen atoms in total. The maximum Gasteiger partial charge on any atom is 0.251 e. The number of rotatable bonds is 9. The number of carbonyl (C=O) groups is 2. The molecule has 32 heavy (non-hydrogen) atoms. The molecule has 0 aliphatic rings. The molecule has 0 saturated carbocycles. The van der Waals surface area contributed by atoms with Crippen LogP contribution in [0.1, 0.15) is 27.3 Å². The summed E-state index contributed by atoms with van der Waals surface area (Å²) in [5, 5.41) is 15.3. The molecule has 0 aliphatic heterocycles. The van der Waals surface area contributed by atoms with E-state index in [1.54, 1.807) is 30.3 Å². The second-order valence-corrected chi connectivity index (χ2v) is 8.52.